The fraction of sp³-hybridized carbons (Fsp3) is 0.412. The predicted octanol–water partition coefficient (Wildman–Crippen LogP) is 3.00. The Bertz CT molecular complexity index is 1020. The van der Waals surface area contributed by atoms with E-state index in [0.717, 1.165) is 22.7 Å². The number of benzene rings is 1. The standard InChI is InChI=1S/C17H23N5O2S/c1-10(2)21-25(23,24)13-6-7-15-14(8-13)20-17(22(15)11(3)4)16-12(5)18-9-19-16/h6-11,21H,1-5H3,(H,18,19). The molecule has 0 aliphatic carbocycles. The van der Waals surface area contributed by atoms with Crippen LogP contribution in [-0.4, -0.2) is 34.0 Å². The Morgan fingerprint density at radius 3 is 2.48 bits per heavy atom. The SMILES string of the molecule is Cc1[nH]cnc1-c1nc2cc(S(=O)(=O)NC(C)C)ccc2n1C(C)C. The fourth-order valence-corrected chi connectivity index (χ4v) is 4.17. The number of hydrogen-bond donors (Lipinski definition) is 2. The maximum absolute atomic E-state index is 12.4. The first-order valence-corrected chi connectivity index (χ1v) is 9.73. The first-order chi connectivity index (χ1) is 11.7. The van der Waals surface area contributed by atoms with Gasteiger partial charge in [0.1, 0.15) is 5.69 Å². The number of nitrogens with one attached hydrogen (secondary N) is 2. The molecule has 0 saturated carbocycles. The van der Waals surface area contributed by atoms with E-state index < -0.39 is 10.0 Å². The van der Waals surface area contributed by atoms with Crippen LogP contribution in [0.25, 0.3) is 22.6 Å². The number of hydrogen-bond acceptors (Lipinski definition) is 4. The quantitative estimate of drug-likeness (QED) is 0.730. The zero-order valence-corrected chi connectivity index (χ0v) is 15.8. The van der Waals surface area contributed by atoms with E-state index >= 15 is 0 Å². The van der Waals surface area contributed by atoms with E-state index in [-0.39, 0.29) is 17.0 Å². The summed E-state index contributed by atoms with van der Waals surface area (Å²) in [5, 5.41) is 0. The minimum atomic E-state index is -3.56. The molecule has 0 radical (unpaired) electrons. The van der Waals surface area contributed by atoms with Crippen LogP contribution in [0.5, 0.6) is 0 Å². The fourth-order valence-electron chi connectivity index (χ4n) is 2.90. The predicted molar refractivity (Wildman–Crippen MR) is 97.9 cm³/mol. The molecule has 0 atom stereocenters. The molecule has 0 aliphatic heterocycles. The summed E-state index contributed by atoms with van der Waals surface area (Å²) in [6.07, 6.45) is 1.64. The summed E-state index contributed by atoms with van der Waals surface area (Å²) in [5.74, 6) is 0.732. The highest BCUT2D eigenvalue weighted by Crippen LogP contribution is 2.30. The lowest BCUT2D eigenvalue weighted by Crippen LogP contribution is -2.30. The maximum Gasteiger partial charge on any atom is 0.240 e. The summed E-state index contributed by atoms with van der Waals surface area (Å²) in [6.45, 7) is 9.66. The molecule has 25 heavy (non-hydrogen) atoms. The van der Waals surface area contributed by atoms with Crippen LogP contribution in [0.15, 0.2) is 29.4 Å². The molecule has 0 spiro atoms. The Hall–Kier alpha value is -2.19. The monoisotopic (exact) mass is 361 g/mol. The van der Waals surface area contributed by atoms with Gasteiger partial charge in [0.25, 0.3) is 0 Å². The van der Waals surface area contributed by atoms with Crippen molar-refractivity contribution >= 4 is 21.1 Å². The molecule has 7 nitrogen and oxygen atoms in total. The lowest BCUT2D eigenvalue weighted by molar-refractivity contribution is 0.570. The first-order valence-electron chi connectivity index (χ1n) is 8.25. The highest BCUT2D eigenvalue weighted by atomic mass is 32.2. The summed E-state index contributed by atoms with van der Waals surface area (Å²) in [6, 6.07) is 5.03. The Morgan fingerprint density at radius 1 is 1.20 bits per heavy atom. The van der Waals surface area contributed by atoms with Crippen LogP contribution >= 0.6 is 0 Å². The van der Waals surface area contributed by atoms with Gasteiger partial charge < -0.3 is 9.55 Å². The van der Waals surface area contributed by atoms with Crippen molar-refractivity contribution in [3.05, 3.63) is 30.2 Å². The Balaban J connectivity index is 2.21. The number of aryl methyl sites for hydroxylation is 1. The van der Waals surface area contributed by atoms with Gasteiger partial charge in [-0.25, -0.2) is 23.1 Å². The van der Waals surface area contributed by atoms with Gasteiger partial charge in [0.05, 0.1) is 22.3 Å². The van der Waals surface area contributed by atoms with Gasteiger partial charge in [-0.05, 0) is 52.8 Å². The third-order valence-corrected chi connectivity index (χ3v) is 5.58. The van der Waals surface area contributed by atoms with E-state index in [4.69, 9.17) is 0 Å². The van der Waals surface area contributed by atoms with Gasteiger partial charge in [-0.1, -0.05) is 0 Å². The topological polar surface area (TPSA) is 92.7 Å². The zero-order valence-electron chi connectivity index (χ0n) is 15.0. The van der Waals surface area contributed by atoms with E-state index in [0.29, 0.717) is 5.52 Å². The van der Waals surface area contributed by atoms with E-state index in [2.05, 4.69) is 38.1 Å². The second-order valence-corrected chi connectivity index (χ2v) is 8.42. The summed E-state index contributed by atoms with van der Waals surface area (Å²) < 4.78 is 29.5. The molecular formula is C17H23N5O2S. The molecule has 0 saturated heterocycles. The van der Waals surface area contributed by atoms with Crippen molar-refractivity contribution in [2.24, 2.45) is 0 Å². The van der Waals surface area contributed by atoms with Crippen molar-refractivity contribution in [2.75, 3.05) is 0 Å². The third-order valence-electron chi connectivity index (χ3n) is 3.92. The number of aromatic amines is 1. The first kappa shape index (κ1) is 17.6. The molecule has 0 aliphatic rings. The second kappa shape index (κ2) is 6.27. The lowest BCUT2D eigenvalue weighted by Gasteiger charge is -2.13. The molecule has 3 aromatic rings. The summed E-state index contributed by atoms with van der Waals surface area (Å²) in [4.78, 5) is 12.3. The third kappa shape index (κ3) is 3.19. The Kier molecular flexibility index (Phi) is 4.42. The van der Waals surface area contributed by atoms with Crippen LogP contribution in [0.1, 0.15) is 39.4 Å². The van der Waals surface area contributed by atoms with E-state index in [1.165, 1.54) is 0 Å². The van der Waals surface area contributed by atoms with E-state index in [9.17, 15) is 8.42 Å². The Labute approximate surface area is 147 Å². The summed E-state index contributed by atoms with van der Waals surface area (Å²) in [5.41, 5.74) is 3.22. The maximum atomic E-state index is 12.4. The number of rotatable bonds is 5. The minimum absolute atomic E-state index is 0.160. The molecule has 2 aromatic heterocycles. The van der Waals surface area contributed by atoms with Gasteiger partial charge in [-0.2, -0.15) is 0 Å². The van der Waals surface area contributed by atoms with Crippen molar-refractivity contribution in [3.63, 3.8) is 0 Å². The van der Waals surface area contributed by atoms with Crippen LogP contribution in [0.4, 0.5) is 0 Å². The van der Waals surface area contributed by atoms with Crippen molar-refractivity contribution in [1.82, 2.24) is 24.2 Å². The van der Waals surface area contributed by atoms with Crippen LogP contribution in [0, 0.1) is 6.92 Å². The molecule has 0 bridgehead atoms. The molecule has 0 amide bonds. The second-order valence-electron chi connectivity index (χ2n) is 6.70. The zero-order chi connectivity index (χ0) is 18.4. The molecule has 2 N–H and O–H groups in total. The van der Waals surface area contributed by atoms with Gasteiger partial charge in [0, 0.05) is 17.8 Å². The average molecular weight is 361 g/mol. The molecule has 134 valence electrons. The normalized spacial score (nSPS) is 12.6. The molecular weight excluding hydrogens is 338 g/mol. The number of imidazole rings is 2. The smallest absolute Gasteiger partial charge is 0.240 e. The van der Waals surface area contributed by atoms with Crippen LogP contribution in [0.2, 0.25) is 0 Å². The summed E-state index contributed by atoms with van der Waals surface area (Å²) in [7, 11) is -3.56. The van der Waals surface area contributed by atoms with E-state index in [1.807, 2.05) is 13.0 Å². The number of nitrogens with zero attached hydrogens (tertiary/aromatic N) is 3. The van der Waals surface area contributed by atoms with Crippen LogP contribution in [-0.2, 0) is 10.0 Å². The van der Waals surface area contributed by atoms with Gasteiger partial charge in [-0.3, -0.25) is 0 Å². The number of sulfonamides is 1. The minimum Gasteiger partial charge on any atom is -0.348 e. The van der Waals surface area contributed by atoms with Gasteiger partial charge >= 0.3 is 0 Å². The van der Waals surface area contributed by atoms with Crippen molar-refractivity contribution in [3.8, 4) is 11.5 Å². The summed E-state index contributed by atoms with van der Waals surface area (Å²) >= 11 is 0. The molecule has 0 unspecified atom stereocenters. The molecule has 1 aromatic carbocycles. The van der Waals surface area contributed by atoms with E-state index in [1.54, 1.807) is 32.3 Å². The molecule has 8 heteroatoms. The van der Waals surface area contributed by atoms with Crippen molar-refractivity contribution < 1.29 is 8.42 Å². The largest absolute Gasteiger partial charge is 0.348 e. The van der Waals surface area contributed by atoms with Gasteiger partial charge in [0.2, 0.25) is 10.0 Å². The Morgan fingerprint density at radius 2 is 1.92 bits per heavy atom. The van der Waals surface area contributed by atoms with Crippen LogP contribution < -0.4 is 4.72 Å². The highest BCUT2D eigenvalue weighted by molar-refractivity contribution is 7.89. The average Bonchev–Trinajstić information content (AvgIpc) is 3.07. The molecule has 0 fully saturated rings. The van der Waals surface area contributed by atoms with Crippen LogP contribution in [0.3, 0.4) is 0 Å². The van der Waals surface area contributed by atoms with Gasteiger partial charge in [-0.15, -0.1) is 0 Å². The number of aromatic nitrogens is 4. The number of H-pyrrole nitrogens is 1. The van der Waals surface area contributed by atoms with Gasteiger partial charge in [0.15, 0.2) is 5.82 Å². The highest BCUT2D eigenvalue weighted by Gasteiger charge is 2.21. The number of fused-ring (bicyclic) bond motifs is 1. The lowest BCUT2D eigenvalue weighted by atomic mass is 10.2. The molecule has 2 heterocycles. The van der Waals surface area contributed by atoms with Crippen molar-refractivity contribution in [1.29, 1.82) is 0 Å². The van der Waals surface area contributed by atoms with Crippen molar-refractivity contribution in [2.45, 2.75) is 51.6 Å². The molecule has 3 rings (SSSR count).